The van der Waals surface area contributed by atoms with Crippen LogP contribution in [-0.2, 0) is 0 Å². The number of halogens is 3. The standard InChI is InChI=1S/C12H9F3N4S/c13-8(11(14)15)10-9(18-12(16)20-10)6-5-17-7-3-1-2-4-19(6)7/h1-5,8,11H,(H2,16,18). The number of nitrogens with zero attached hydrogens (tertiary/aromatic N) is 3. The van der Waals surface area contributed by atoms with Crippen LogP contribution in [0.2, 0.25) is 0 Å². The third-order valence-electron chi connectivity index (χ3n) is 2.80. The maximum absolute atomic E-state index is 13.7. The van der Waals surface area contributed by atoms with Crippen molar-refractivity contribution in [2.24, 2.45) is 0 Å². The summed E-state index contributed by atoms with van der Waals surface area (Å²) in [7, 11) is 0. The Labute approximate surface area is 115 Å². The summed E-state index contributed by atoms with van der Waals surface area (Å²) in [6, 6.07) is 5.30. The fourth-order valence-electron chi connectivity index (χ4n) is 1.94. The lowest BCUT2D eigenvalue weighted by Crippen LogP contribution is -2.03. The van der Waals surface area contributed by atoms with E-state index in [2.05, 4.69) is 9.97 Å². The number of hydrogen-bond donors (Lipinski definition) is 1. The molecule has 104 valence electrons. The fraction of sp³-hybridized carbons (Fsp3) is 0.167. The van der Waals surface area contributed by atoms with E-state index in [4.69, 9.17) is 5.73 Å². The highest BCUT2D eigenvalue weighted by atomic mass is 32.1. The minimum absolute atomic E-state index is 0.0455. The molecule has 3 aromatic heterocycles. The van der Waals surface area contributed by atoms with Crippen LogP contribution >= 0.6 is 11.3 Å². The number of rotatable bonds is 3. The monoisotopic (exact) mass is 298 g/mol. The smallest absolute Gasteiger partial charge is 0.274 e. The second kappa shape index (κ2) is 4.78. The van der Waals surface area contributed by atoms with E-state index in [1.807, 2.05) is 0 Å². The summed E-state index contributed by atoms with van der Waals surface area (Å²) in [6.07, 6.45) is -2.36. The van der Waals surface area contributed by atoms with Crippen molar-refractivity contribution in [3.8, 4) is 11.4 Å². The van der Waals surface area contributed by atoms with E-state index in [9.17, 15) is 13.2 Å². The highest BCUT2D eigenvalue weighted by Gasteiger charge is 2.29. The third-order valence-corrected chi connectivity index (χ3v) is 3.74. The Bertz CT molecular complexity index is 752. The number of anilines is 1. The summed E-state index contributed by atoms with van der Waals surface area (Å²) in [5.41, 5.74) is 6.70. The molecule has 3 aromatic rings. The molecule has 0 fully saturated rings. The van der Waals surface area contributed by atoms with Gasteiger partial charge >= 0.3 is 0 Å². The Kier molecular flexibility index (Phi) is 3.09. The molecule has 8 heteroatoms. The van der Waals surface area contributed by atoms with E-state index < -0.39 is 12.6 Å². The molecule has 0 spiro atoms. The van der Waals surface area contributed by atoms with Crippen molar-refractivity contribution in [1.29, 1.82) is 0 Å². The SMILES string of the molecule is Nc1nc(-c2cnc3ccccn23)c(C(F)C(F)F)s1. The van der Waals surface area contributed by atoms with Crippen molar-refractivity contribution in [2.75, 3.05) is 5.73 Å². The van der Waals surface area contributed by atoms with Crippen LogP contribution in [0.3, 0.4) is 0 Å². The number of fused-ring (bicyclic) bond motifs is 1. The molecular formula is C12H9F3N4S. The van der Waals surface area contributed by atoms with Crippen molar-refractivity contribution in [1.82, 2.24) is 14.4 Å². The summed E-state index contributed by atoms with van der Waals surface area (Å²) in [5, 5.41) is 0.0455. The molecular weight excluding hydrogens is 289 g/mol. The van der Waals surface area contributed by atoms with Gasteiger partial charge in [-0.3, -0.25) is 4.40 Å². The summed E-state index contributed by atoms with van der Waals surface area (Å²) < 4.78 is 40.5. The first-order valence-electron chi connectivity index (χ1n) is 5.69. The molecule has 2 N–H and O–H groups in total. The second-order valence-corrected chi connectivity index (χ2v) is 5.14. The Hall–Kier alpha value is -2.09. The average Bonchev–Trinajstić information content (AvgIpc) is 3.00. The zero-order chi connectivity index (χ0) is 14.3. The van der Waals surface area contributed by atoms with Crippen LogP contribution in [0.15, 0.2) is 30.6 Å². The van der Waals surface area contributed by atoms with Crippen LogP contribution in [0.1, 0.15) is 11.0 Å². The molecule has 0 amide bonds. The van der Waals surface area contributed by atoms with Crippen LogP contribution in [0, 0.1) is 0 Å². The minimum Gasteiger partial charge on any atom is -0.375 e. The minimum atomic E-state index is -3.12. The summed E-state index contributed by atoms with van der Waals surface area (Å²) >= 11 is 0.728. The molecule has 3 rings (SSSR count). The first-order chi connectivity index (χ1) is 9.58. The van der Waals surface area contributed by atoms with Gasteiger partial charge in [0.25, 0.3) is 6.43 Å². The van der Waals surface area contributed by atoms with Crippen LogP contribution < -0.4 is 5.73 Å². The first kappa shape index (κ1) is 12.9. The predicted octanol–water partition coefficient (Wildman–Crippen LogP) is 3.32. The van der Waals surface area contributed by atoms with Crippen molar-refractivity contribution in [3.05, 3.63) is 35.5 Å². The Morgan fingerprint density at radius 3 is 2.80 bits per heavy atom. The van der Waals surface area contributed by atoms with Crippen molar-refractivity contribution >= 4 is 22.1 Å². The van der Waals surface area contributed by atoms with Gasteiger partial charge in [-0.05, 0) is 12.1 Å². The quantitative estimate of drug-likeness (QED) is 0.807. The van der Waals surface area contributed by atoms with Crippen molar-refractivity contribution in [3.63, 3.8) is 0 Å². The van der Waals surface area contributed by atoms with Gasteiger partial charge in [0.1, 0.15) is 11.3 Å². The molecule has 1 atom stereocenters. The van der Waals surface area contributed by atoms with Gasteiger partial charge in [0.05, 0.1) is 16.8 Å². The van der Waals surface area contributed by atoms with Crippen molar-refractivity contribution in [2.45, 2.75) is 12.6 Å². The van der Waals surface area contributed by atoms with Crippen LogP contribution in [0.5, 0.6) is 0 Å². The lowest BCUT2D eigenvalue weighted by molar-refractivity contribution is 0.0516. The summed E-state index contributed by atoms with van der Waals surface area (Å²) in [6.45, 7) is 0. The normalized spacial score (nSPS) is 13.2. The fourth-order valence-corrected chi connectivity index (χ4v) is 2.77. The van der Waals surface area contributed by atoms with Gasteiger partial charge in [0.2, 0.25) is 0 Å². The van der Waals surface area contributed by atoms with Gasteiger partial charge in [-0.2, -0.15) is 0 Å². The van der Waals surface area contributed by atoms with Gasteiger partial charge in [0, 0.05) is 6.20 Å². The van der Waals surface area contributed by atoms with Crippen LogP contribution in [-0.4, -0.2) is 20.8 Å². The van der Waals surface area contributed by atoms with E-state index in [1.165, 1.54) is 6.20 Å². The van der Waals surface area contributed by atoms with Crippen molar-refractivity contribution < 1.29 is 13.2 Å². The molecule has 0 aliphatic heterocycles. The van der Waals surface area contributed by atoms with Gasteiger partial charge in [-0.15, -0.1) is 0 Å². The van der Waals surface area contributed by atoms with Gasteiger partial charge in [-0.1, -0.05) is 17.4 Å². The Morgan fingerprint density at radius 1 is 1.25 bits per heavy atom. The molecule has 1 unspecified atom stereocenters. The largest absolute Gasteiger partial charge is 0.375 e. The number of pyridine rings is 1. The average molecular weight is 298 g/mol. The van der Waals surface area contributed by atoms with E-state index >= 15 is 0 Å². The predicted molar refractivity (Wildman–Crippen MR) is 70.6 cm³/mol. The Balaban J connectivity index is 2.19. The second-order valence-electron chi connectivity index (χ2n) is 4.07. The number of nitrogens with two attached hydrogens (primary N) is 1. The molecule has 0 saturated heterocycles. The molecule has 4 nitrogen and oxygen atoms in total. The third kappa shape index (κ3) is 2.01. The maximum Gasteiger partial charge on any atom is 0.274 e. The molecule has 0 aromatic carbocycles. The number of nitrogen functional groups attached to an aromatic ring is 1. The Morgan fingerprint density at radius 2 is 2.05 bits per heavy atom. The van der Waals surface area contributed by atoms with Gasteiger partial charge in [0.15, 0.2) is 11.3 Å². The number of thiazole rings is 1. The summed E-state index contributed by atoms with van der Waals surface area (Å²) in [5.74, 6) is 0. The molecule has 20 heavy (non-hydrogen) atoms. The summed E-state index contributed by atoms with van der Waals surface area (Å²) in [4.78, 5) is 7.92. The van der Waals surface area contributed by atoms with Gasteiger partial charge in [-0.25, -0.2) is 23.1 Å². The van der Waals surface area contributed by atoms with Crippen LogP contribution in [0.4, 0.5) is 18.3 Å². The number of imidazole rings is 1. The molecule has 3 heterocycles. The molecule has 0 aliphatic carbocycles. The topological polar surface area (TPSA) is 56.2 Å². The molecule has 0 radical (unpaired) electrons. The molecule has 0 saturated carbocycles. The molecule has 0 bridgehead atoms. The highest BCUT2D eigenvalue weighted by Crippen LogP contribution is 2.38. The number of alkyl halides is 3. The zero-order valence-corrected chi connectivity index (χ0v) is 10.8. The van der Waals surface area contributed by atoms with E-state index in [0.717, 1.165) is 11.3 Å². The lowest BCUT2D eigenvalue weighted by Gasteiger charge is -2.06. The number of aromatic nitrogens is 3. The van der Waals surface area contributed by atoms with Gasteiger partial charge < -0.3 is 5.73 Å². The van der Waals surface area contributed by atoms with E-state index in [1.54, 1.807) is 28.8 Å². The maximum atomic E-state index is 13.7. The highest BCUT2D eigenvalue weighted by molar-refractivity contribution is 7.15. The number of hydrogen-bond acceptors (Lipinski definition) is 4. The molecule has 0 aliphatic rings. The van der Waals surface area contributed by atoms with E-state index in [0.29, 0.717) is 11.3 Å². The first-order valence-corrected chi connectivity index (χ1v) is 6.50. The zero-order valence-electron chi connectivity index (χ0n) is 10.0. The van der Waals surface area contributed by atoms with E-state index in [-0.39, 0.29) is 15.7 Å². The van der Waals surface area contributed by atoms with Crippen LogP contribution in [0.25, 0.3) is 17.0 Å². The lowest BCUT2D eigenvalue weighted by atomic mass is 10.2.